The molecule has 7 heteroatoms. The number of nitrogens with two attached hydrogens (primary N) is 1. The van der Waals surface area contributed by atoms with E-state index in [2.05, 4.69) is 9.97 Å². The number of amides is 1. The minimum absolute atomic E-state index is 0.0167. The van der Waals surface area contributed by atoms with Crippen LogP contribution in [0.15, 0.2) is 24.4 Å². The fourth-order valence-electron chi connectivity index (χ4n) is 1.77. The fraction of sp³-hybridized carbons (Fsp3) is 0.154. The molecule has 2 heterocycles. The lowest BCUT2D eigenvalue weighted by Crippen LogP contribution is -2.15. The van der Waals surface area contributed by atoms with Crippen molar-refractivity contribution in [3.63, 3.8) is 0 Å². The number of methoxy groups -OCH3 is 2. The quantitative estimate of drug-likeness (QED) is 0.860. The summed E-state index contributed by atoms with van der Waals surface area (Å²) in [5.74, 6) is -1.18. The van der Waals surface area contributed by atoms with Crippen LogP contribution < -0.4 is 15.2 Å². The van der Waals surface area contributed by atoms with Gasteiger partial charge in [0.15, 0.2) is 17.2 Å². The molecule has 0 atom stereocenters. The summed E-state index contributed by atoms with van der Waals surface area (Å²) in [5.41, 5.74) is 5.62. The third-order valence-electron chi connectivity index (χ3n) is 2.63. The highest BCUT2D eigenvalue weighted by molar-refractivity contribution is 5.96. The van der Waals surface area contributed by atoms with Gasteiger partial charge in [0.1, 0.15) is 5.69 Å². The molecule has 0 aliphatic heterocycles. The van der Waals surface area contributed by atoms with Crippen molar-refractivity contribution in [2.75, 3.05) is 14.2 Å². The Morgan fingerprint density at radius 2 is 1.95 bits per heavy atom. The molecule has 2 aromatic rings. The summed E-state index contributed by atoms with van der Waals surface area (Å²) in [6, 6.07) is 5.18. The maximum absolute atomic E-state index is 11.4. The molecular weight excluding hydrogens is 262 g/mol. The first-order chi connectivity index (χ1) is 9.60. The van der Waals surface area contributed by atoms with Crippen LogP contribution in [0.1, 0.15) is 10.5 Å². The van der Waals surface area contributed by atoms with Crippen LogP contribution in [0.2, 0.25) is 0 Å². The maximum Gasteiger partial charge on any atom is 0.271 e. The molecule has 0 aliphatic rings. The van der Waals surface area contributed by atoms with Gasteiger partial charge in [-0.05, 0) is 12.1 Å². The average molecular weight is 275 g/mol. The number of aromatic nitrogens is 2. The van der Waals surface area contributed by atoms with E-state index in [0.29, 0.717) is 5.69 Å². The molecule has 0 saturated carbocycles. The molecule has 0 bridgehead atoms. The molecule has 0 saturated heterocycles. The van der Waals surface area contributed by atoms with E-state index in [4.69, 9.17) is 15.2 Å². The van der Waals surface area contributed by atoms with Gasteiger partial charge in [0.25, 0.3) is 5.91 Å². The summed E-state index contributed by atoms with van der Waals surface area (Å²) >= 11 is 0. The van der Waals surface area contributed by atoms with Gasteiger partial charge in [0.2, 0.25) is 5.75 Å². The highest BCUT2D eigenvalue weighted by Gasteiger charge is 2.25. The van der Waals surface area contributed by atoms with Crippen molar-refractivity contribution in [1.29, 1.82) is 0 Å². The van der Waals surface area contributed by atoms with Gasteiger partial charge in [-0.2, -0.15) is 0 Å². The van der Waals surface area contributed by atoms with Gasteiger partial charge >= 0.3 is 0 Å². The van der Waals surface area contributed by atoms with Crippen LogP contribution in [-0.4, -0.2) is 35.2 Å². The molecule has 0 aliphatic carbocycles. The van der Waals surface area contributed by atoms with Crippen molar-refractivity contribution in [3.05, 3.63) is 30.1 Å². The van der Waals surface area contributed by atoms with Gasteiger partial charge in [-0.25, -0.2) is 4.98 Å². The molecule has 7 nitrogen and oxygen atoms in total. The monoisotopic (exact) mass is 275 g/mol. The zero-order chi connectivity index (χ0) is 14.7. The van der Waals surface area contributed by atoms with E-state index in [1.54, 1.807) is 24.4 Å². The Hall–Kier alpha value is -2.83. The van der Waals surface area contributed by atoms with Crippen molar-refractivity contribution >= 4 is 5.91 Å². The van der Waals surface area contributed by atoms with E-state index in [1.807, 2.05) is 0 Å². The van der Waals surface area contributed by atoms with Crippen LogP contribution in [0, 0.1) is 0 Å². The summed E-state index contributed by atoms with van der Waals surface area (Å²) in [4.78, 5) is 19.5. The van der Waals surface area contributed by atoms with Crippen LogP contribution in [0.3, 0.4) is 0 Å². The molecule has 0 spiro atoms. The molecule has 2 rings (SSSR count). The Labute approximate surface area is 115 Å². The van der Waals surface area contributed by atoms with Gasteiger partial charge in [-0.3, -0.25) is 9.78 Å². The second-order valence-corrected chi connectivity index (χ2v) is 3.80. The lowest BCUT2D eigenvalue weighted by Gasteiger charge is -2.14. The van der Waals surface area contributed by atoms with Gasteiger partial charge in [0.05, 0.1) is 19.9 Å². The van der Waals surface area contributed by atoms with Crippen molar-refractivity contribution in [1.82, 2.24) is 9.97 Å². The Balaban J connectivity index is 2.79. The minimum Gasteiger partial charge on any atom is -0.503 e. The van der Waals surface area contributed by atoms with Crippen LogP contribution in [0.4, 0.5) is 0 Å². The number of carbonyl (C=O) groups is 1. The predicted molar refractivity (Wildman–Crippen MR) is 70.8 cm³/mol. The summed E-state index contributed by atoms with van der Waals surface area (Å²) in [6.07, 6.45) is 1.57. The molecule has 0 unspecified atom stereocenters. The lowest BCUT2D eigenvalue weighted by atomic mass is 10.1. The van der Waals surface area contributed by atoms with E-state index in [0.717, 1.165) is 0 Å². The Bertz CT molecular complexity index is 644. The third kappa shape index (κ3) is 2.20. The molecule has 2 aromatic heterocycles. The Kier molecular flexibility index (Phi) is 3.69. The van der Waals surface area contributed by atoms with E-state index < -0.39 is 11.7 Å². The molecule has 0 fully saturated rings. The molecule has 1 amide bonds. The minimum atomic E-state index is -0.874. The van der Waals surface area contributed by atoms with E-state index in [1.165, 1.54) is 14.2 Å². The SMILES string of the molecule is COc1c(-c2ccccn2)nc(C(N)=O)c(O)c1OC. The second-order valence-electron chi connectivity index (χ2n) is 3.80. The van der Waals surface area contributed by atoms with Crippen LogP contribution in [0.25, 0.3) is 11.4 Å². The van der Waals surface area contributed by atoms with E-state index in [9.17, 15) is 9.90 Å². The largest absolute Gasteiger partial charge is 0.503 e. The van der Waals surface area contributed by atoms with Gasteiger partial charge in [-0.1, -0.05) is 6.07 Å². The average Bonchev–Trinajstić information content (AvgIpc) is 2.47. The number of rotatable bonds is 4. The number of primary amides is 1. The molecule has 0 aromatic carbocycles. The van der Waals surface area contributed by atoms with E-state index >= 15 is 0 Å². The van der Waals surface area contributed by atoms with Crippen molar-refractivity contribution < 1.29 is 19.4 Å². The summed E-state index contributed by atoms with van der Waals surface area (Å²) in [7, 11) is 2.74. The zero-order valence-electron chi connectivity index (χ0n) is 11.0. The third-order valence-corrected chi connectivity index (χ3v) is 2.63. The maximum atomic E-state index is 11.4. The summed E-state index contributed by atoms with van der Waals surface area (Å²) < 4.78 is 10.3. The lowest BCUT2D eigenvalue weighted by molar-refractivity contribution is 0.0992. The van der Waals surface area contributed by atoms with E-state index in [-0.39, 0.29) is 22.9 Å². The number of hydrogen-bond acceptors (Lipinski definition) is 6. The van der Waals surface area contributed by atoms with Crippen molar-refractivity contribution in [2.24, 2.45) is 5.73 Å². The first-order valence-corrected chi connectivity index (χ1v) is 5.66. The van der Waals surface area contributed by atoms with Crippen molar-refractivity contribution in [2.45, 2.75) is 0 Å². The molecular formula is C13H13N3O4. The zero-order valence-corrected chi connectivity index (χ0v) is 11.0. The second kappa shape index (κ2) is 5.43. The number of pyridine rings is 2. The fourth-order valence-corrected chi connectivity index (χ4v) is 1.77. The number of nitrogens with zero attached hydrogens (tertiary/aromatic N) is 2. The standard InChI is InChI=1S/C13H13N3O4/c1-19-11-8(7-5-3-4-6-15-7)16-9(13(14)18)10(17)12(11)20-2/h3-6,17H,1-2H3,(H2,14,18). The van der Waals surface area contributed by atoms with Crippen LogP contribution in [-0.2, 0) is 0 Å². The summed E-state index contributed by atoms with van der Waals surface area (Å²) in [6.45, 7) is 0. The number of ether oxygens (including phenoxy) is 2. The first-order valence-electron chi connectivity index (χ1n) is 5.66. The van der Waals surface area contributed by atoms with Gasteiger partial charge < -0.3 is 20.3 Å². The van der Waals surface area contributed by atoms with Gasteiger partial charge in [-0.15, -0.1) is 0 Å². The predicted octanol–water partition coefficient (Wildman–Crippen LogP) is 0.965. The molecule has 0 radical (unpaired) electrons. The highest BCUT2D eigenvalue weighted by Crippen LogP contribution is 2.43. The van der Waals surface area contributed by atoms with Crippen LogP contribution in [0.5, 0.6) is 17.2 Å². The molecule has 20 heavy (non-hydrogen) atoms. The normalized spacial score (nSPS) is 10.1. The molecule has 3 N–H and O–H groups in total. The number of hydrogen-bond donors (Lipinski definition) is 2. The van der Waals surface area contributed by atoms with Crippen molar-refractivity contribution in [3.8, 4) is 28.6 Å². The Morgan fingerprint density at radius 3 is 2.45 bits per heavy atom. The molecule has 104 valence electrons. The first kappa shape index (κ1) is 13.6. The Morgan fingerprint density at radius 1 is 1.25 bits per heavy atom. The number of carbonyl (C=O) groups excluding carboxylic acids is 1. The smallest absolute Gasteiger partial charge is 0.271 e. The highest BCUT2D eigenvalue weighted by atomic mass is 16.5. The van der Waals surface area contributed by atoms with Gasteiger partial charge in [0, 0.05) is 6.20 Å². The summed E-state index contributed by atoms with van der Waals surface area (Å²) in [5, 5.41) is 9.95. The van der Waals surface area contributed by atoms with Crippen LogP contribution >= 0.6 is 0 Å². The topological polar surface area (TPSA) is 108 Å². The number of aromatic hydroxyl groups is 1.